The second kappa shape index (κ2) is 7.33. The molecule has 7 nitrogen and oxygen atoms in total. The third-order valence-electron chi connectivity index (χ3n) is 4.21. The Morgan fingerprint density at radius 3 is 2.24 bits per heavy atom. The summed E-state index contributed by atoms with van der Waals surface area (Å²) in [4.78, 5) is 8.89. The highest BCUT2D eigenvalue weighted by molar-refractivity contribution is 5.85. The third kappa shape index (κ3) is 3.88. The SMILES string of the molecule is CNC(C)Cc1noc(-c2ccc(-c3nc(C4CC4)no3)cc2)n1.Cl. The highest BCUT2D eigenvalue weighted by Gasteiger charge is 2.29. The zero-order valence-corrected chi connectivity index (χ0v) is 14.9. The summed E-state index contributed by atoms with van der Waals surface area (Å²) in [6.45, 7) is 2.07. The van der Waals surface area contributed by atoms with Crippen molar-refractivity contribution in [1.29, 1.82) is 0 Å². The Bertz CT molecular complexity index is 826. The summed E-state index contributed by atoms with van der Waals surface area (Å²) < 4.78 is 10.7. The van der Waals surface area contributed by atoms with Gasteiger partial charge in [-0.2, -0.15) is 9.97 Å². The second-order valence-electron chi connectivity index (χ2n) is 6.22. The zero-order chi connectivity index (χ0) is 16.5. The van der Waals surface area contributed by atoms with Gasteiger partial charge in [-0.15, -0.1) is 12.4 Å². The lowest BCUT2D eigenvalue weighted by atomic mass is 10.1. The first-order chi connectivity index (χ1) is 11.7. The molecule has 0 bridgehead atoms. The van der Waals surface area contributed by atoms with E-state index in [0.717, 1.165) is 36.2 Å². The number of rotatable bonds is 6. The van der Waals surface area contributed by atoms with E-state index in [1.54, 1.807) is 0 Å². The maximum Gasteiger partial charge on any atom is 0.257 e. The van der Waals surface area contributed by atoms with E-state index in [-0.39, 0.29) is 12.4 Å². The fraction of sp³-hybridized carbons (Fsp3) is 0.412. The fourth-order valence-electron chi connectivity index (χ4n) is 2.44. The molecule has 1 unspecified atom stereocenters. The van der Waals surface area contributed by atoms with E-state index in [2.05, 4.69) is 32.5 Å². The minimum absolute atomic E-state index is 0. The molecular formula is C17H20ClN5O2. The standard InChI is InChI=1S/C17H19N5O2.ClH/c1-10(18-2)9-14-19-16(23-21-14)12-5-7-13(8-6-12)17-20-15(22-24-17)11-3-4-11;/h5-8,10-11,18H,3-4,9H2,1-2H3;1H. The van der Waals surface area contributed by atoms with E-state index >= 15 is 0 Å². The predicted molar refractivity (Wildman–Crippen MR) is 94.5 cm³/mol. The lowest BCUT2D eigenvalue weighted by Crippen LogP contribution is -2.24. The van der Waals surface area contributed by atoms with Crippen molar-refractivity contribution in [3.8, 4) is 22.9 Å². The summed E-state index contributed by atoms with van der Waals surface area (Å²) >= 11 is 0. The van der Waals surface area contributed by atoms with Gasteiger partial charge in [0.1, 0.15) is 0 Å². The van der Waals surface area contributed by atoms with Crippen molar-refractivity contribution in [1.82, 2.24) is 25.6 Å². The smallest absolute Gasteiger partial charge is 0.257 e. The van der Waals surface area contributed by atoms with Crippen molar-refractivity contribution >= 4 is 12.4 Å². The minimum atomic E-state index is 0. The highest BCUT2D eigenvalue weighted by Crippen LogP contribution is 2.38. The molecule has 0 spiro atoms. The van der Waals surface area contributed by atoms with Gasteiger partial charge in [0.25, 0.3) is 11.8 Å². The molecular weight excluding hydrogens is 342 g/mol. The Hall–Kier alpha value is -2.25. The normalized spacial score (nSPS) is 15.0. The molecule has 132 valence electrons. The van der Waals surface area contributed by atoms with Crippen LogP contribution in [0.25, 0.3) is 22.9 Å². The first-order valence-corrected chi connectivity index (χ1v) is 8.17. The van der Waals surface area contributed by atoms with Crippen LogP contribution in [0.15, 0.2) is 33.3 Å². The van der Waals surface area contributed by atoms with Crippen molar-refractivity contribution in [2.45, 2.75) is 38.1 Å². The van der Waals surface area contributed by atoms with Crippen LogP contribution in [0, 0.1) is 0 Å². The van der Waals surface area contributed by atoms with Crippen LogP contribution in [-0.4, -0.2) is 33.4 Å². The molecule has 0 aliphatic heterocycles. The molecule has 1 N–H and O–H groups in total. The number of nitrogens with zero attached hydrogens (tertiary/aromatic N) is 4. The molecule has 1 aliphatic rings. The Balaban J connectivity index is 0.00000182. The Morgan fingerprint density at radius 1 is 1.04 bits per heavy atom. The summed E-state index contributed by atoms with van der Waals surface area (Å²) in [5.74, 6) is 3.07. The second-order valence-corrected chi connectivity index (χ2v) is 6.22. The Kier molecular flexibility index (Phi) is 5.15. The number of aromatic nitrogens is 4. The molecule has 1 saturated carbocycles. The lowest BCUT2D eigenvalue weighted by molar-refractivity contribution is 0.418. The van der Waals surface area contributed by atoms with Gasteiger partial charge in [-0.3, -0.25) is 0 Å². The average molecular weight is 362 g/mol. The summed E-state index contributed by atoms with van der Waals surface area (Å²) in [5, 5.41) is 11.2. The van der Waals surface area contributed by atoms with Gasteiger partial charge in [-0.25, -0.2) is 0 Å². The van der Waals surface area contributed by atoms with E-state index in [0.29, 0.717) is 29.6 Å². The van der Waals surface area contributed by atoms with Crippen molar-refractivity contribution < 1.29 is 9.05 Å². The molecule has 25 heavy (non-hydrogen) atoms. The van der Waals surface area contributed by atoms with Crippen molar-refractivity contribution in [2.75, 3.05) is 7.05 Å². The Labute approximate surface area is 151 Å². The van der Waals surface area contributed by atoms with Gasteiger partial charge in [-0.1, -0.05) is 10.3 Å². The summed E-state index contributed by atoms with van der Waals surface area (Å²) in [6.07, 6.45) is 3.04. The van der Waals surface area contributed by atoms with Gasteiger partial charge in [0.15, 0.2) is 11.6 Å². The average Bonchev–Trinajstić information content (AvgIpc) is 3.16. The number of benzene rings is 1. The fourth-order valence-corrected chi connectivity index (χ4v) is 2.44. The molecule has 3 aromatic rings. The summed E-state index contributed by atoms with van der Waals surface area (Å²) in [7, 11) is 1.91. The maximum atomic E-state index is 5.35. The van der Waals surface area contributed by atoms with Gasteiger partial charge in [0.2, 0.25) is 0 Å². The molecule has 1 fully saturated rings. The highest BCUT2D eigenvalue weighted by atomic mass is 35.5. The maximum absolute atomic E-state index is 5.35. The summed E-state index contributed by atoms with van der Waals surface area (Å²) in [6, 6.07) is 8.01. The van der Waals surface area contributed by atoms with Gasteiger partial charge in [0, 0.05) is 29.5 Å². The van der Waals surface area contributed by atoms with E-state index in [9.17, 15) is 0 Å². The van der Waals surface area contributed by atoms with Crippen LogP contribution >= 0.6 is 12.4 Å². The van der Waals surface area contributed by atoms with Gasteiger partial charge < -0.3 is 14.4 Å². The minimum Gasteiger partial charge on any atom is -0.334 e. The monoisotopic (exact) mass is 361 g/mol. The topological polar surface area (TPSA) is 89.9 Å². The first kappa shape index (κ1) is 17.6. The number of hydrogen-bond acceptors (Lipinski definition) is 7. The number of likely N-dealkylation sites (N-methyl/N-ethyl adjacent to an activating group) is 1. The van der Waals surface area contributed by atoms with Crippen molar-refractivity contribution in [3.05, 3.63) is 35.9 Å². The number of halogens is 1. The van der Waals surface area contributed by atoms with Gasteiger partial charge >= 0.3 is 0 Å². The third-order valence-corrected chi connectivity index (χ3v) is 4.21. The van der Waals surface area contributed by atoms with Crippen LogP contribution in [0.2, 0.25) is 0 Å². The quantitative estimate of drug-likeness (QED) is 0.720. The first-order valence-electron chi connectivity index (χ1n) is 8.17. The van der Waals surface area contributed by atoms with Crippen LogP contribution in [0.1, 0.15) is 37.3 Å². The molecule has 4 rings (SSSR count). The largest absolute Gasteiger partial charge is 0.334 e. The van der Waals surface area contributed by atoms with Crippen LogP contribution in [0.3, 0.4) is 0 Å². The van der Waals surface area contributed by atoms with Gasteiger partial charge in [-0.05, 0) is 51.1 Å². The van der Waals surface area contributed by atoms with E-state index in [1.807, 2.05) is 31.3 Å². The van der Waals surface area contributed by atoms with Crippen LogP contribution in [0.5, 0.6) is 0 Å². The zero-order valence-electron chi connectivity index (χ0n) is 14.1. The molecule has 2 heterocycles. The molecule has 0 saturated heterocycles. The van der Waals surface area contributed by atoms with E-state index in [4.69, 9.17) is 9.05 Å². The van der Waals surface area contributed by atoms with E-state index < -0.39 is 0 Å². The van der Waals surface area contributed by atoms with Crippen LogP contribution in [-0.2, 0) is 6.42 Å². The lowest BCUT2D eigenvalue weighted by Gasteiger charge is -2.04. The van der Waals surface area contributed by atoms with Crippen LogP contribution < -0.4 is 5.32 Å². The van der Waals surface area contributed by atoms with Crippen LogP contribution in [0.4, 0.5) is 0 Å². The predicted octanol–water partition coefficient (Wildman–Crippen LogP) is 3.24. The molecule has 0 amide bonds. The van der Waals surface area contributed by atoms with Crippen molar-refractivity contribution in [3.63, 3.8) is 0 Å². The van der Waals surface area contributed by atoms with Gasteiger partial charge in [0.05, 0.1) is 0 Å². The summed E-state index contributed by atoms with van der Waals surface area (Å²) in [5.41, 5.74) is 1.76. The van der Waals surface area contributed by atoms with E-state index in [1.165, 1.54) is 0 Å². The molecule has 0 radical (unpaired) electrons. The Morgan fingerprint density at radius 2 is 1.64 bits per heavy atom. The molecule has 8 heteroatoms. The molecule has 1 aliphatic carbocycles. The van der Waals surface area contributed by atoms with Crippen molar-refractivity contribution in [2.24, 2.45) is 0 Å². The number of nitrogens with one attached hydrogen (secondary N) is 1. The molecule has 1 aromatic carbocycles. The molecule has 1 atom stereocenters. The number of hydrogen-bond donors (Lipinski definition) is 1. The molecule has 2 aromatic heterocycles.